The van der Waals surface area contributed by atoms with Gasteiger partial charge in [0.15, 0.2) is 0 Å². The van der Waals surface area contributed by atoms with Gasteiger partial charge in [-0.25, -0.2) is 4.39 Å². The van der Waals surface area contributed by atoms with E-state index in [0.717, 1.165) is 37.1 Å². The molecule has 0 saturated carbocycles. The molecular weight excluding hydrogens is 564 g/mol. The van der Waals surface area contributed by atoms with Gasteiger partial charge in [0.05, 0.1) is 21.8 Å². The molecule has 2 unspecified atom stereocenters. The van der Waals surface area contributed by atoms with E-state index in [1.165, 1.54) is 72.1 Å². The second kappa shape index (κ2) is 10.3. The van der Waals surface area contributed by atoms with E-state index in [1.807, 2.05) is 23.5 Å². The van der Waals surface area contributed by atoms with Crippen molar-refractivity contribution >= 4 is 57.4 Å². The average Bonchev–Trinajstić information content (AvgIpc) is 3.49. The molecule has 2 nitrogen and oxygen atoms in total. The van der Waals surface area contributed by atoms with Crippen molar-refractivity contribution in [3.8, 4) is 0 Å². The first-order chi connectivity index (χ1) is 20.1. The van der Waals surface area contributed by atoms with E-state index in [0.29, 0.717) is 11.3 Å². The second-order valence-corrected chi connectivity index (χ2v) is 14.8. The Morgan fingerprint density at radius 3 is 2.71 bits per heavy atom. The highest BCUT2D eigenvalue weighted by atomic mass is 32.2. The van der Waals surface area contributed by atoms with Gasteiger partial charge >= 0.3 is 0 Å². The van der Waals surface area contributed by atoms with Crippen molar-refractivity contribution in [1.29, 1.82) is 0 Å². The molecule has 0 N–H and O–H groups in total. The monoisotopic (exact) mass is 596 g/mol. The van der Waals surface area contributed by atoms with Gasteiger partial charge in [-0.05, 0) is 109 Å². The molecule has 0 bridgehead atoms. The lowest BCUT2D eigenvalue weighted by Gasteiger charge is -2.30. The number of rotatable bonds is 3. The molecule has 0 fully saturated rings. The molecule has 3 aromatic rings. The number of anilines is 2. The van der Waals surface area contributed by atoms with Crippen LogP contribution in [-0.4, -0.2) is 25.2 Å². The Hall–Kier alpha value is -2.54. The Morgan fingerprint density at radius 1 is 0.976 bits per heavy atom. The highest BCUT2D eigenvalue weighted by molar-refractivity contribution is 8.03. The van der Waals surface area contributed by atoms with Gasteiger partial charge in [-0.3, -0.25) is 0 Å². The number of hydrogen-bond donors (Lipinski definition) is 0. The molecule has 0 saturated heterocycles. The molecule has 3 aliphatic heterocycles. The minimum Gasteiger partial charge on any atom is -0.357 e. The minimum atomic E-state index is -0.104. The van der Waals surface area contributed by atoms with E-state index in [4.69, 9.17) is 0 Å². The zero-order valence-electron chi connectivity index (χ0n) is 23.5. The number of halogens is 1. The molecule has 0 radical (unpaired) electrons. The first-order valence-corrected chi connectivity index (χ1v) is 17.6. The van der Waals surface area contributed by atoms with Crippen LogP contribution < -0.4 is 9.80 Å². The van der Waals surface area contributed by atoms with Gasteiger partial charge in [-0.15, -0.1) is 11.8 Å². The average molecular weight is 597 g/mol. The fraction of sp³-hybridized carbons (Fsp3) is 0.314. The number of aryl methyl sites for hydroxylation is 1. The molecule has 2 aliphatic carbocycles. The van der Waals surface area contributed by atoms with Gasteiger partial charge in [0.25, 0.3) is 0 Å². The number of hydrogen-bond acceptors (Lipinski definition) is 5. The number of fused-ring (bicyclic) bond motifs is 4. The Balaban J connectivity index is 1.08. The Bertz CT molecular complexity index is 1720. The maximum absolute atomic E-state index is 14.2. The molecule has 2 atom stereocenters. The Labute approximate surface area is 254 Å². The Morgan fingerprint density at radius 2 is 1.83 bits per heavy atom. The molecule has 0 spiro atoms. The van der Waals surface area contributed by atoms with Gasteiger partial charge in [0, 0.05) is 33.7 Å². The van der Waals surface area contributed by atoms with E-state index >= 15 is 0 Å². The van der Waals surface area contributed by atoms with Crippen LogP contribution in [0.25, 0.3) is 10.8 Å². The first kappa shape index (κ1) is 26.1. The van der Waals surface area contributed by atoms with E-state index < -0.39 is 0 Å². The highest BCUT2D eigenvalue weighted by Gasteiger charge is 2.33. The van der Waals surface area contributed by atoms with Crippen LogP contribution in [-0.2, 0) is 6.42 Å². The largest absolute Gasteiger partial charge is 0.357 e. The Kier molecular flexibility index (Phi) is 6.57. The maximum atomic E-state index is 14.2. The molecule has 0 amide bonds. The summed E-state index contributed by atoms with van der Waals surface area (Å²) in [7, 11) is 2.25. The highest BCUT2D eigenvalue weighted by Crippen LogP contribution is 2.52. The van der Waals surface area contributed by atoms with E-state index in [-0.39, 0.29) is 5.82 Å². The van der Waals surface area contributed by atoms with Crippen LogP contribution in [0.5, 0.6) is 0 Å². The SMILES string of the molecule is CSc1cc2c(c3ccccc13)N(C)C(/C=C1/C=C3C=C(/C=C4\Sc5cc(F)cc6c5N4CCC6)CCC3CC1)S2. The summed E-state index contributed by atoms with van der Waals surface area (Å²) < 4.78 is 14.2. The number of nitrogens with zero attached hydrogens (tertiary/aromatic N) is 2. The van der Waals surface area contributed by atoms with Crippen LogP contribution in [0.4, 0.5) is 15.8 Å². The molecule has 0 aromatic heterocycles. The lowest BCUT2D eigenvalue weighted by Crippen LogP contribution is -2.25. The van der Waals surface area contributed by atoms with E-state index in [9.17, 15) is 4.39 Å². The number of benzene rings is 3. The van der Waals surface area contributed by atoms with Crippen molar-refractivity contribution in [1.82, 2.24) is 0 Å². The molecule has 41 heavy (non-hydrogen) atoms. The smallest absolute Gasteiger partial charge is 0.124 e. The van der Waals surface area contributed by atoms with Crippen LogP contribution >= 0.6 is 35.3 Å². The van der Waals surface area contributed by atoms with Crippen molar-refractivity contribution in [2.45, 2.75) is 58.6 Å². The second-order valence-electron chi connectivity index (χ2n) is 11.7. The van der Waals surface area contributed by atoms with Crippen LogP contribution in [0.3, 0.4) is 0 Å². The fourth-order valence-corrected chi connectivity index (χ4v) is 10.5. The quantitative estimate of drug-likeness (QED) is 0.277. The van der Waals surface area contributed by atoms with Crippen molar-refractivity contribution in [3.63, 3.8) is 0 Å². The standard InChI is InChI=1S/C35H33FN2S3/c1-37-32(40-31-20-29(39-2)27-7-3-4-8-28(27)35(31)37)16-21-9-11-23-12-10-22(15-25(23)14-21)17-33-38-13-5-6-24-18-26(36)19-30(41-33)34(24)38/h3-4,7-8,14-20,23,32H,5-6,9-13H2,1-2H3/b21-16+,33-17-. The number of likely N-dealkylation sites (N-methyl/N-ethyl adjacent to an activating group) is 1. The summed E-state index contributed by atoms with van der Waals surface area (Å²) in [6.45, 7) is 1.03. The predicted molar refractivity (Wildman–Crippen MR) is 176 cm³/mol. The minimum absolute atomic E-state index is 0.104. The predicted octanol–water partition coefficient (Wildman–Crippen LogP) is 9.95. The zero-order valence-corrected chi connectivity index (χ0v) is 25.9. The summed E-state index contributed by atoms with van der Waals surface area (Å²) in [6, 6.07) is 14.7. The van der Waals surface area contributed by atoms with Gasteiger partial charge < -0.3 is 9.80 Å². The van der Waals surface area contributed by atoms with Crippen molar-refractivity contribution in [2.75, 3.05) is 29.6 Å². The van der Waals surface area contributed by atoms with Gasteiger partial charge in [-0.2, -0.15) is 0 Å². The van der Waals surface area contributed by atoms with Gasteiger partial charge in [0.1, 0.15) is 5.82 Å². The fourth-order valence-electron chi connectivity index (χ4n) is 7.24. The number of thioether (sulfide) groups is 3. The summed E-state index contributed by atoms with van der Waals surface area (Å²) in [5.74, 6) is 0.561. The molecular formula is C35H33FN2S3. The first-order valence-electron chi connectivity index (χ1n) is 14.7. The van der Waals surface area contributed by atoms with Crippen LogP contribution in [0.2, 0.25) is 0 Å². The zero-order chi connectivity index (χ0) is 27.7. The van der Waals surface area contributed by atoms with E-state index in [1.54, 1.807) is 23.9 Å². The normalized spacial score (nSPS) is 25.0. The third-order valence-electron chi connectivity index (χ3n) is 9.25. The molecule has 3 heterocycles. The molecule has 5 aliphatic rings. The third kappa shape index (κ3) is 4.49. The molecule has 6 heteroatoms. The van der Waals surface area contributed by atoms with E-state index in [2.05, 4.69) is 77.7 Å². The maximum Gasteiger partial charge on any atom is 0.124 e. The summed E-state index contributed by atoms with van der Waals surface area (Å²) in [5, 5.41) is 4.29. The van der Waals surface area contributed by atoms with Crippen molar-refractivity contribution in [2.24, 2.45) is 5.92 Å². The van der Waals surface area contributed by atoms with Crippen molar-refractivity contribution < 1.29 is 4.39 Å². The summed E-state index contributed by atoms with van der Waals surface area (Å²) in [6.07, 6.45) is 18.8. The van der Waals surface area contributed by atoms with Crippen LogP contribution in [0, 0.1) is 11.7 Å². The molecule has 3 aromatic carbocycles. The lowest BCUT2D eigenvalue weighted by atomic mass is 9.77. The van der Waals surface area contributed by atoms with Crippen molar-refractivity contribution in [3.05, 3.63) is 99.9 Å². The summed E-state index contributed by atoms with van der Waals surface area (Å²) in [4.78, 5) is 8.74. The number of allylic oxidation sites excluding steroid dienone is 6. The summed E-state index contributed by atoms with van der Waals surface area (Å²) in [5.41, 5.74) is 8.15. The molecule has 8 rings (SSSR count). The lowest BCUT2D eigenvalue weighted by molar-refractivity contribution is 0.501. The topological polar surface area (TPSA) is 6.48 Å². The van der Waals surface area contributed by atoms with Gasteiger partial charge in [0.2, 0.25) is 0 Å². The van der Waals surface area contributed by atoms with Crippen LogP contribution in [0.15, 0.2) is 103 Å². The molecule has 208 valence electrons. The van der Waals surface area contributed by atoms with Gasteiger partial charge in [-0.1, -0.05) is 59.9 Å². The van der Waals surface area contributed by atoms with Crippen LogP contribution in [0.1, 0.15) is 37.7 Å². The third-order valence-corrected chi connectivity index (χ3v) is 12.4. The summed E-state index contributed by atoms with van der Waals surface area (Å²) >= 11 is 5.57.